The van der Waals surface area contributed by atoms with Crippen molar-refractivity contribution < 1.29 is 18.3 Å². The van der Waals surface area contributed by atoms with Crippen LogP contribution in [0.3, 0.4) is 0 Å². The normalized spacial score (nSPS) is 10.3. The van der Waals surface area contributed by atoms with Crippen LogP contribution in [0.1, 0.15) is 15.9 Å². The van der Waals surface area contributed by atoms with E-state index >= 15 is 0 Å². The van der Waals surface area contributed by atoms with E-state index in [1.54, 1.807) is 12.1 Å². The smallest absolute Gasteiger partial charge is 0.339 e. The van der Waals surface area contributed by atoms with Gasteiger partial charge in [0, 0.05) is 18.3 Å². The van der Waals surface area contributed by atoms with E-state index in [1.165, 1.54) is 25.3 Å². The molecule has 2 aromatic carbocycles. The van der Waals surface area contributed by atoms with Crippen molar-refractivity contribution in [2.45, 2.75) is 6.54 Å². The Morgan fingerprint density at radius 3 is 2.48 bits per heavy atom. The molecule has 2 rings (SSSR count). The molecule has 0 aliphatic heterocycles. The van der Waals surface area contributed by atoms with E-state index < -0.39 is 17.6 Å². The van der Waals surface area contributed by atoms with Gasteiger partial charge in [-0.15, -0.1) is 0 Å². The fraction of sp³-hybridized carbons (Fsp3) is 0.133. The number of methoxy groups -OCH3 is 1. The molecule has 0 aromatic heterocycles. The third-order valence-corrected chi connectivity index (χ3v) is 3.12. The van der Waals surface area contributed by atoms with E-state index in [4.69, 9.17) is 11.6 Å². The maximum Gasteiger partial charge on any atom is 0.339 e. The highest BCUT2D eigenvalue weighted by Crippen LogP contribution is 2.22. The summed E-state index contributed by atoms with van der Waals surface area (Å²) in [7, 11) is 1.26. The summed E-state index contributed by atoms with van der Waals surface area (Å²) in [6, 6.07) is 7.98. The second-order valence-corrected chi connectivity index (χ2v) is 4.72. The van der Waals surface area contributed by atoms with Gasteiger partial charge in [-0.3, -0.25) is 0 Å². The number of ether oxygens (including phenoxy) is 1. The van der Waals surface area contributed by atoms with Gasteiger partial charge in [-0.2, -0.15) is 0 Å². The third-order valence-electron chi connectivity index (χ3n) is 2.79. The molecule has 1 N–H and O–H groups in total. The van der Waals surface area contributed by atoms with Crippen molar-refractivity contribution in [1.82, 2.24) is 0 Å². The van der Waals surface area contributed by atoms with E-state index in [1.807, 2.05) is 0 Å². The van der Waals surface area contributed by atoms with Crippen molar-refractivity contribution in [3.63, 3.8) is 0 Å². The standard InChI is InChI=1S/C15H12ClF2NO2/c1-21-15(20)13-7-12(2-3-14(13)16)19-8-9-4-10(17)6-11(18)5-9/h2-7,19H,8H2,1H3. The molecule has 0 aliphatic carbocycles. The maximum atomic E-state index is 13.1. The summed E-state index contributed by atoms with van der Waals surface area (Å²) in [5, 5.41) is 3.23. The first-order valence-corrected chi connectivity index (χ1v) is 6.44. The van der Waals surface area contributed by atoms with Crippen LogP contribution in [0.4, 0.5) is 14.5 Å². The van der Waals surface area contributed by atoms with E-state index in [2.05, 4.69) is 10.1 Å². The average molecular weight is 312 g/mol. The number of carbonyl (C=O) groups excluding carboxylic acids is 1. The summed E-state index contributed by atoms with van der Waals surface area (Å²) in [5.74, 6) is -1.84. The Morgan fingerprint density at radius 2 is 1.86 bits per heavy atom. The number of nitrogens with one attached hydrogen (secondary N) is 1. The molecule has 0 radical (unpaired) electrons. The van der Waals surface area contributed by atoms with Crippen molar-refractivity contribution in [1.29, 1.82) is 0 Å². The number of esters is 1. The van der Waals surface area contributed by atoms with Crippen LogP contribution < -0.4 is 5.32 Å². The van der Waals surface area contributed by atoms with Crippen LogP contribution in [-0.2, 0) is 11.3 Å². The molecule has 0 heterocycles. The predicted molar refractivity (Wildman–Crippen MR) is 76.5 cm³/mol. The minimum Gasteiger partial charge on any atom is -0.465 e. The van der Waals surface area contributed by atoms with Crippen LogP contribution in [-0.4, -0.2) is 13.1 Å². The molecule has 0 spiro atoms. The van der Waals surface area contributed by atoms with E-state index in [-0.39, 0.29) is 17.1 Å². The highest BCUT2D eigenvalue weighted by atomic mass is 35.5. The lowest BCUT2D eigenvalue weighted by molar-refractivity contribution is 0.0601. The lowest BCUT2D eigenvalue weighted by atomic mass is 10.1. The van der Waals surface area contributed by atoms with Gasteiger partial charge >= 0.3 is 5.97 Å². The number of halogens is 3. The zero-order valence-electron chi connectivity index (χ0n) is 11.1. The van der Waals surface area contributed by atoms with Crippen molar-refractivity contribution in [3.8, 4) is 0 Å². The quantitative estimate of drug-likeness (QED) is 0.867. The van der Waals surface area contributed by atoms with E-state index in [9.17, 15) is 13.6 Å². The molecule has 0 saturated carbocycles. The fourth-order valence-corrected chi connectivity index (χ4v) is 2.01. The highest BCUT2D eigenvalue weighted by molar-refractivity contribution is 6.33. The summed E-state index contributed by atoms with van der Waals surface area (Å²) >= 11 is 5.90. The number of anilines is 1. The van der Waals surface area contributed by atoms with Gasteiger partial charge in [0.05, 0.1) is 17.7 Å². The first-order chi connectivity index (χ1) is 9.99. The molecule has 0 aliphatic rings. The molecule has 110 valence electrons. The Hall–Kier alpha value is -2.14. The van der Waals surface area contributed by atoms with Crippen molar-refractivity contribution in [3.05, 3.63) is 64.2 Å². The number of hydrogen-bond donors (Lipinski definition) is 1. The molecule has 2 aromatic rings. The van der Waals surface area contributed by atoms with Gasteiger partial charge in [0.2, 0.25) is 0 Å². The summed E-state index contributed by atoms with van der Waals surface area (Å²) in [4.78, 5) is 11.5. The minimum atomic E-state index is -0.641. The molecular weight excluding hydrogens is 300 g/mol. The topological polar surface area (TPSA) is 38.3 Å². The molecule has 0 fully saturated rings. The van der Waals surface area contributed by atoms with E-state index in [0.717, 1.165) is 6.07 Å². The van der Waals surface area contributed by atoms with Crippen LogP contribution in [0.15, 0.2) is 36.4 Å². The molecule has 0 saturated heterocycles. The van der Waals surface area contributed by atoms with Gasteiger partial charge in [-0.1, -0.05) is 11.6 Å². The first-order valence-electron chi connectivity index (χ1n) is 6.06. The number of carbonyl (C=O) groups is 1. The van der Waals surface area contributed by atoms with Crippen LogP contribution in [0.25, 0.3) is 0 Å². The second-order valence-electron chi connectivity index (χ2n) is 4.32. The maximum absolute atomic E-state index is 13.1. The van der Waals surface area contributed by atoms with Gasteiger partial charge in [-0.05, 0) is 35.9 Å². The zero-order chi connectivity index (χ0) is 15.4. The summed E-state index contributed by atoms with van der Waals surface area (Å²) in [6.45, 7) is 0.205. The number of hydrogen-bond acceptors (Lipinski definition) is 3. The van der Waals surface area contributed by atoms with Gasteiger partial charge in [0.25, 0.3) is 0 Å². The Kier molecular flexibility index (Phi) is 4.75. The van der Waals surface area contributed by atoms with E-state index in [0.29, 0.717) is 11.3 Å². The molecule has 0 atom stereocenters. The summed E-state index contributed by atoms with van der Waals surface area (Å²) in [6.07, 6.45) is 0. The summed E-state index contributed by atoms with van der Waals surface area (Å²) in [5.41, 5.74) is 1.25. The zero-order valence-corrected chi connectivity index (χ0v) is 11.9. The fourth-order valence-electron chi connectivity index (χ4n) is 1.82. The van der Waals surface area contributed by atoms with Crippen LogP contribution in [0.5, 0.6) is 0 Å². The molecule has 0 amide bonds. The molecule has 0 unspecified atom stereocenters. The lowest BCUT2D eigenvalue weighted by Crippen LogP contribution is -2.05. The SMILES string of the molecule is COC(=O)c1cc(NCc2cc(F)cc(F)c2)ccc1Cl. The molecule has 0 bridgehead atoms. The Bertz CT molecular complexity index is 656. The molecule has 6 heteroatoms. The number of rotatable bonds is 4. The number of benzene rings is 2. The van der Waals surface area contributed by atoms with Crippen molar-refractivity contribution in [2.75, 3.05) is 12.4 Å². The lowest BCUT2D eigenvalue weighted by Gasteiger charge is -2.09. The minimum absolute atomic E-state index is 0.205. The average Bonchev–Trinajstić information content (AvgIpc) is 2.44. The first kappa shape index (κ1) is 15.3. The van der Waals surface area contributed by atoms with Gasteiger partial charge in [0.1, 0.15) is 11.6 Å². The van der Waals surface area contributed by atoms with Gasteiger partial charge in [-0.25, -0.2) is 13.6 Å². The molecule has 3 nitrogen and oxygen atoms in total. The summed E-state index contributed by atoms with van der Waals surface area (Å²) < 4.78 is 30.8. The largest absolute Gasteiger partial charge is 0.465 e. The van der Waals surface area contributed by atoms with Crippen LogP contribution >= 0.6 is 11.6 Å². The Morgan fingerprint density at radius 1 is 1.19 bits per heavy atom. The van der Waals surface area contributed by atoms with Crippen molar-refractivity contribution in [2.24, 2.45) is 0 Å². The monoisotopic (exact) mass is 311 g/mol. The molecular formula is C15H12ClF2NO2. The van der Waals surface area contributed by atoms with Gasteiger partial charge in [0.15, 0.2) is 0 Å². The van der Waals surface area contributed by atoms with Crippen molar-refractivity contribution >= 4 is 23.3 Å². The predicted octanol–water partition coefficient (Wildman–Crippen LogP) is 4.02. The second kappa shape index (κ2) is 6.54. The highest BCUT2D eigenvalue weighted by Gasteiger charge is 2.11. The van der Waals surface area contributed by atoms with Gasteiger partial charge < -0.3 is 10.1 Å². The Labute approximate surface area is 125 Å². The molecule has 21 heavy (non-hydrogen) atoms. The van der Waals surface area contributed by atoms with Crippen LogP contribution in [0, 0.1) is 11.6 Å². The Balaban J connectivity index is 2.15. The van der Waals surface area contributed by atoms with Crippen LogP contribution in [0.2, 0.25) is 5.02 Å². The third kappa shape index (κ3) is 3.92.